The Bertz CT molecular complexity index is 918. The van der Waals surface area contributed by atoms with Crippen molar-refractivity contribution in [3.05, 3.63) is 70.7 Å². The number of rotatable bonds is 7. The fraction of sp³-hybridized carbons (Fsp3) is 0.273. The van der Waals surface area contributed by atoms with Crippen molar-refractivity contribution in [1.82, 2.24) is 15.2 Å². The van der Waals surface area contributed by atoms with E-state index >= 15 is 0 Å². The molecule has 0 bridgehead atoms. The van der Waals surface area contributed by atoms with Crippen LogP contribution in [0.15, 0.2) is 53.9 Å². The molecule has 0 spiro atoms. The quantitative estimate of drug-likeness (QED) is 0.653. The third kappa shape index (κ3) is 4.77. The molecule has 1 N–H and O–H groups in total. The number of hydrogen-bond acceptors (Lipinski definition) is 5. The predicted octanol–water partition coefficient (Wildman–Crippen LogP) is 4.16. The molecule has 28 heavy (non-hydrogen) atoms. The van der Waals surface area contributed by atoms with Crippen LogP contribution in [-0.2, 0) is 0 Å². The van der Waals surface area contributed by atoms with E-state index in [1.807, 2.05) is 38.4 Å². The van der Waals surface area contributed by atoms with Crippen LogP contribution < -0.4 is 10.1 Å². The lowest BCUT2D eigenvalue weighted by Crippen LogP contribution is -2.34. The van der Waals surface area contributed by atoms with Crippen LogP contribution in [0.5, 0.6) is 5.75 Å². The minimum Gasteiger partial charge on any atom is -0.497 e. The van der Waals surface area contributed by atoms with Crippen molar-refractivity contribution < 1.29 is 9.53 Å². The van der Waals surface area contributed by atoms with E-state index in [0.29, 0.717) is 12.2 Å². The molecule has 2 aromatic carbocycles. The summed E-state index contributed by atoms with van der Waals surface area (Å²) < 4.78 is 5.18. The summed E-state index contributed by atoms with van der Waals surface area (Å²) in [6, 6.07) is 16.2. The van der Waals surface area contributed by atoms with Gasteiger partial charge in [0.2, 0.25) is 0 Å². The predicted molar refractivity (Wildman–Crippen MR) is 114 cm³/mol. The Kier molecular flexibility index (Phi) is 6.44. The fourth-order valence-corrected chi connectivity index (χ4v) is 3.72. The number of amides is 1. The van der Waals surface area contributed by atoms with Gasteiger partial charge in [-0.3, -0.25) is 4.79 Å². The summed E-state index contributed by atoms with van der Waals surface area (Å²) in [5.74, 6) is 0.638. The van der Waals surface area contributed by atoms with Gasteiger partial charge in [0, 0.05) is 17.5 Å². The lowest BCUT2D eigenvalue weighted by atomic mass is 10.0. The average molecular weight is 396 g/mol. The van der Waals surface area contributed by atoms with Gasteiger partial charge in [-0.05, 0) is 50.8 Å². The Morgan fingerprint density at radius 2 is 1.82 bits per heavy atom. The zero-order chi connectivity index (χ0) is 20.1. The number of aromatic nitrogens is 1. The van der Waals surface area contributed by atoms with Crippen LogP contribution in [0.25, 0.3) is 10.6 Å². The number of carbonyl (C=O) groups excluding carboxylic acids is 1. The summed E-state index contributed by atoms with van der Waals surface area (Å²) in [7, 11) is 5.67. The van der Waals surface area contributed by atoms with E-state index in [9.17, 15) is 4.79 Å². The molecule has 3 aromatic rings. The molecular weight excluding hydrogens is 370 g/mol. The number of methoxy groups -OCH3 is 1. The third-order valence-electron chi connectivity index (χ3n) is 4.62. The van der Waals surface area contributed by atoms with Crippen molar-refractivity contribution >= 4 is 17.2 Å². The van der Waals surface area contributed by atoms with Gasteiger partial charge >= 0.3 is 0 Å². The molecule has 1 heterocycles. The molecule has 1 aromatic heterocycles. The summed E-state index contributed by atoms with van der Waals surface area (Å²) in [4.78, 5) is 19.2. The van der Waals surface area contributed by atoms with E-state index in [-0.39, 0.29) is 11.9 Å². The van der Waals surface area contributed by atoms with Gasteiger partial charge in [-0.2, -0.15) is 0 Å². The van der Waals surface area contributed by atoms with Crippen LogP contribution in [0.4, 0.5) is 0 Å². The molecule has 6 heteroatoms. The van der Waals surface area contributed by atoms with Crippen molar-refractivity contribution in [2.75, 3.05) is 27.7 Å². The molecule has 0 saturated carbocycles. The number of ether oxygens (including phenoxy) is 1. The molecule has 1 amide bonds. The molecular formula is C22H25N3O2S. The number of likely N-dealkylation sites (N-methyl/N-ethyl adjacent to an activating group) is 1. The first-order valence-corrected chi connectivity index (χ1v) is 9.97. The van der Waals surface area contributed by atoms with Gasteiger partial charge in [0.05, 0.1) is 13.2 Å². The molecule has 1 atom stereocenters. The molecule has 5 nitrogen and oxygen atoms in total. The second kappa shape index (κ2) is 8.99. The highest BCUT2D eigenvalue weighted by atomic mass is 32.1. The maximum absolute atomic E-state index is 12.6. The first-order valence-electron chi connectivity index (χ1n) is 9.09. The Hall–Kier alpha value is -2.70. The lowest BCUT2D eigenvalue weighted by molar-refractivity contribution is 0.0937. The Labute approximate surface area is 170 Å². The lowest BCUT2D eigenvalue weighted by Gasteiger charge is -2.25. The van der Waals surface area contributed by atoms with Crippen molar-refractivity contribution in [1.29, 1.82) is 0 Å². The van der Waals surface area contributed by atoms with Gasteiger partial charge in [0.25, 0.3) is 5.91 Å². The van der Waals surface area contributed by atoms with Crippen LogP contribution in [-0.4, -0.2) is 43.5 Å². The van der Waals surface area contributed by atoms with E-state index in [1.54, 1.807) is 12.5 Å². The SMILES string of the molecule is COc1ccc(-c2nc(C(=O)NCC(c3ccc(C)cc3)N(C)C)cs2)cc1. The summed E-state index contributed by atoms with van der Waals surface area (Å²) >= 11 is 1.46. The van der Waals surface area contributed by atoms with E-state index in [0.717, 1.165) is 16.3 Å². The van der Waals surface area contributed by atoms with Crippen LogP contribution in [0.2, 0.25) is 0 Å². The summed E-state index contributed by atoms with van der Waals surface area (Å²) in [5, 5.41) is 5.63. The van der Waals surface area contributed by atoms with Crippen molar-refractivity contribution in [2.24, 2.45) is 0 Å². The van der Waals surface area contributed by atoms with Crippen molar-refractivity contribution in [2.45, 2.75) is 13.0 Å². The number of benzene rings is 2. The number of hydrogen-bond donors (Lipinski definition) is 1. The number of carbonyl (C=O) groups is 1. The summed E-state index contributed by atoms with van der Waals surface area (Å²) in [6.07, 6.45) is 0. The third-order valence-corrected chi connectivity index (χ3v) is 5.51. The zero-order valence-corrected chi connectivity index (χ0v) is 17.4. The number of thiazole rings is 1. The van der Waals surface area contributed by atoms with Gasteiger partial charge in [-0.25, -0.2) is 4.98 Å². The second-order valence-electron chi connectivity index (χ2n) is 6.87. The van der Waals surface area contributed by atoms with Crippen LogP contribution in [0.1, 0.15) is 27.7 Å². The molecule has 0 radical (unpaired) electrons. The van der Waals surface area contributed by atoms with Gasteiger partial charge in [0.15, 0.2) is 0 Å². The molecule has 0 aliphatic carbocycles. The highest BCUT2D eigenvalue weighted by molar-refractivity contribution is 7.13. The van der Waals surface area contributed by atoms with Gasteiger partial charge in [-0.15, -0.1) is 11.3 Å². The number of aryl methyl sites for hydroxylation is 1. The molecule has 3 rings (SSSR count). The summed E-state index contributed by atoms with van der Waals surface area (Å²) in [6.45, 7) is 2.59. The topological polar surface area (TPSA) is 54.5 Å². The highest BCUT2D eigenvalue weighted by Gasteiger charge is 2.17. The molecule has 1 unspecified atom stereocenters. The highest BCUT2D eigenvalue weighted by Crippen LogP contribution is 2.26. The Morgan fingerprint density at radius 3 is 2.43 bits per heavy atom. The number of nitrogens with one attached hydrogen (secondary N) is 1. The molecule has 0 aliphatic rings. The van der Waals surface area contributed by atoms with E-state index in [4.69, 9.17) is 4.74 Å². The van der Waals surface area contributed by atoms with Crippen LogP contribution >= 0.6 is 11.3 Å². The average Bonchev–Trinajstić information content (AvgIpc) is 3.19. The zero-order valence-electron chi connectivity index (χ0n) is 16.6. The maximum atomic E-state index is 12.6. The minimum absolute atomic E-state index is 0.101. The largest absolute Gasteiger partial charge is 0.497 e. The fourth-order valence-electron chi connectivity index (χ4n) is 2.91. The normalized spacial score (nSPS) is 12.0. The van der Waals surface area contributed by atoms with Crippen molar-refractivity contribution in [3.8, 4) is 16.3 Å². The van der Waals surface area contributed by atoms with E-state index in [2.05, 4.69) is 46.4 Å². The van der Waals surface area contributed by atoms with Crippen LogP contribution in [0, 0.1) is 6.92 Å². The summed E-state index contributed by atoms with van der Waals surface area (Å²) in [5.41, 5.74) is 3.81. The first-order chi connectivity index (χ1) is 13.5. The monoisotopic (exact) mass is 395 g/mol. The number of nitrogens with zero attached hydrogens (tertiary/aromatic N) is 2. The van der Waals surface area contributed by atoms with E-state index in [1.165, 1.54) is 22.5 Å². The maximum Gasteiger partial charge on any atom is 0.270 e. The minimum atomic E-state index is -0.157. The molecule has 146 valence electrons. The van der Waals surface area contributed by atoms with Gasteiger partial charge in [-0.1, -0.05) is 29.8 Å². The van der Waals surface area contributed by atoms with Crippen molar-refractivity contribution in [3.63, 3.8) is 0 Å². The molecule has 0 aliphatic heterocycles. The van der Waals surface area contributed by atoms with Crippen LogP contribution in [0.3, 0.4) is 0 Å². The standard InChI is InChI=1S/C22H25N3O2S/c1-15-5-7-16(8-6-15)20(25(2)3)13-23-21(26)19-14-28-22(24-19)17-9-11-18(27-4)12-10-17/h5-12,14,20H,13H2,1-4H3,(H,23,26). The van der Waals surface area contributed by atoms with Gasteiger partial charge < -0.3 is 15.0 Å². The Morgan fingerprint density at radius 1 is 1.14 bits per heavy atom. The molecule has 0 fully saturated rings. The first kappa shape index (κ1) is 20.0. The smallest absolute Gasteiger partial charge is 0.270 e. The Balaban J connectivity index is 1.67. The van der Waals surface area contributed by atoms with E-state index < -0.39 is 0 Å². The van der Waals surface area contributed by atoms with Gasteiger partial charge in [0.1, 0.15) is 16.5 Å². The molecule has 0 saturated heterocycles. The second-order valence-corrected chi connectivity index (χ2v) is 7.72.